The lowest BCUT2D eigenvalue weighted by atomic mass is 9.96. The monoisotopic (exact) mass is 292 g/mol. The Balaban J connectivity index is 2.82. The fraction of sp³-hybridized carbons (Fsp3) is 0.500. The standard InChI is InChI=1S/C16H24N2O3/c1-11(2)18(10-15(17)19)16(20)9-12(3)13-7-5-6-8-14(13)21-4/h5-8,11-12H,9-10H2,1-4H3,(H2,17,19). The molecule has 0 bridgehead atoms. The highest BCUT2D eigenvalue weighted by molar-refractivity contribution is 5.84. The predicted octanol–water partition coefficient (Wildman–Crippen LogP) is 1.91. The molecular formula is C16H24N2O3. The van der Waals surface area contributed by atoms with Crippen molar-refractivity contribution in [3.05, 3.63) is 29.8 Å². The Morgan fingerprint density at radius 3 is 2.38 bits per heavy atom. The normalized spacial score (nSPS) is 12.0. The quantitative estimate of drug-likeness (QED) is 0.834. The average molecular weight is 292 g/mol. The fourth-order valence-electron chi connectivity index (χ4n) is 2.29. The third-order valence-electron chi connectivity index (χ3n) is 3.42. The van der Waals surface area contributed by atoms with Gasteiger partial charge in [-0.3, -0.25) is 9.59 Å². The molecule has 0 spiro atoms. The summed E-state index contributed by atoms with van der Waals surface area (Å²) >= 11 is 0. The second kappa shape index (κ2) is 7.67. The zero-order valence-corrected chi connectivity index (χ0v) is 13.1. The van der Waals surface area contributed by atoms with Crippen LogP contribution < -0.4 is 10.5 Å². The summed E-state index contributed by atoms with van der Waals surface area (Å²) in [6.07, 6.45) is 0.311. The maximum absolute atomic E-state index is 12.4. The number of amides is 2. The maximum Gasteiger partial charge on any atom is 0.237 e. The van der Waals surface area contributed by atoms with Crippen LogP contribution in [-0.4, -0.2) is 36.4 Å². The molecule has 1 atom stereocenters. The van der Waals surface area contributed by atoms with Gasteiger partial charge in [-0.15, -0.1) is 0 Å². The van der Waals surface area contributed by atoms with Crippen LogP contribution in [0.5, 0.6) is 5.75 Å². The van der Waals surface area contributed by atoms with Crippen LogP contribution in [0.25, 0.3) is 0 Å². The highest BCUT2D eigenvalue weighted by Gasteiger charge is 2.22. The first-order valence-corrected chi connectivity index (χ1v) is 7.07. The number of methoxy groups -OCH3 is 1. The highest BCUT2D eigenvalue weighted by atomic mass is 16.5. The van der Waals surface area contributed by atoms with Crippen molar-refractivity contribution in [3.63, 3.8) is 0 Å². The molecule has 1 unspecified atom stereocenters. The van der Waals surface area contributed by atoms with Crippen molar-refractivity contribution in [2.24, 2.45) is 5.73 Å². The molecule has 0 aromatic heterocycles. The Hall–Kier alpha value is -2.04. The molecule has 5 heteroatoms. The summed E-state index contributed by atoms with van der Waals surface area (Å²) in [6, 6.07) is 7.58. The maximum atomic E-state index is 12.4. The van der Waals surface area contributed by atoms with Gasteiger partial charge >= 0.3 is 0 Å². The van der Waals surface area contributed by atoms with Crippen LogP contribution in [0.4, 0.5) is 0 Å². The van der Waals surface area contributed by atoms with Crippen LogP contribution in [0.1, 0.15) is 38.7 Å². The van der Waals surface area contributed by atoms with Crippen molar-refractivity contribution < 1.29 is 14.3 Å². The van der Waals surface area contributed by atoms with E-state index in [0.29, 0.717) is 6.42 Å². The molecule has 1 rings (SSSR count). The van der Waals surface area contributed by atoms with Crippen molar-refractivity contribution in [2.45, 2.75) is 39.2 Å². The summed E-state index contributed by atoms with van der Waals surface area (Å²) in [5, 5.41) is 0. The van der Waals surface area contributed by atoms with Crippen LogP contribution in [0.15, 0.2) is 24.3 Å². The van der Waals surface area contributed by atoms with E-state index in [0.717, 1.165) is 11.3 Å². The molecule has 2 N–H and O–H groups in total. The first-order chi connectivity index (χ1) is 9.86. The Kier molecular flexibility index (Phi) is 6.21. The first-order valence-electron chi connectivity index (χ1n) is 7.07. The molecule has 1 aromatic carbocycles. The molecule has 21 heavy (non-hydrogen) atoms. The van der Waals surface area contributed by atoms with Gasteiger partial charge in [-0.1, -0.05) is 25.1 Å². The molecule has 2 amide bonds. The number of rotatable bonds is 7. The largest absolute Gasteiger partial charge is 0.496 e. The lowest BCUT2D eigenvalue weighted by Gasteiger charge is -2.27. The van der Waals surface area contributed by atoms with Crippen LogP contribution in [0.2, 0.25) is 0 Å². The fourth-order valence-corrected chi connectivity index (χ4v) is 2.29. The summed E-state index contributed by atoms with van der Waals surface area (Å²) < 4.78 is 5.32. The Morgan fingerprint density at radius 2 is 1.86 bits per heavy atom. The zero-order chi connectivity index (χ0) is 16.0. The summed E-state index contributed by atoms with van der Waals surface area (Å²) in [7, 11) is 1.61. The number of nitrogens with zero attached hydrogens (tertiary/aromatic N) is 1. The molecule has 0 aliphatic rings. The van der Waals surface area contributed by atoms with E-state index in [1.807, 2.05) is 45.0 Å². The Bertz CT molecular complexity index is 500. The van der Waals surface area contributed by atoms with E-state index in [2.05, 4.69) is 0 Å². The van der Waals surface area contributed by atoms with Gasteiger partial charge in [0.15, 0.2) is 0 Å². The zero-order valence-electron chi connectivity index (χ0n) is 13.1. The van der Waals surface area contributed by atoms with E-state index < -0.39 is 5.91 Å². The van der Waals surface area contributed by atoms with Gasteiger partial charge in [0, 0.05) is 12.5 Å². The number of para-hydroxylation sites is 1. The molecule has 0 saturated heterocycles. The van der Waals surface area contributed by atoms with Crippen LogP contribution in [-0.2, 0) is 9.59 Å². The number of benzene rings is 1. The molecule has 0 radical (unpaired) electrons. The number of hydrogen-bond donors (Lipinski definition) is 1. The molecular weight excluding hydrogens is 268 g/mol. The Labute approximate surface area is 126 Å². The summed E-state index contributed by atoms with van der Waals surface area (Å²) in [6.45, 7) is 5.66. The lowest BCUT2D eigenvalue weighted by Crippen LogP contribution is -2.43. The summed E-state index contributed by atoms with van der Waals surface area (Å²) in [5.41, 5.74) is 6.19. The van der Waals surface area contributed by atoms with Crippen molar-refractivity contribution in [2.75, 3.05) is 13.7 Å². The second-order valence-corrected chi connectivity index (χ2v) is 5.43. The number of nitrogens with two attached hydrogens (primary N) is 1. The minimum absolute atomic E-state index is 0.00257. The number of carbonyl (C=O) groups excluding carboxylic acids is 2. The van der Waals surface area contributed by atoms with Crippen molar-refractivity contribution in [1.82, 2.24) is 4.90 Å². The number of carbonyl (C=O) groups is 2. The summed E-state index contributed by atoms with van der Waals surface area (Å²) in [4.78, 5) is 25.0. The van der Waals surface area contributed by atoms with Crippen LogP contribution in [0.3, 0.4) is 0 Å². The molecule has 0 saturated carbocycles. The second-order valence-electron chi connectivity index (χ2n) is 5.43. The topological polar surface area (TPSA) is 72.6 Å². The van der Waals surface area contributed by atoms with Crippen molar-refractivity contribution in [3.8, 4) is 5.75 Å². The van der Waals surface area contributed by atoms with Gasteiger partial charge in [-0.2, -0.15) is 0 Å². The molecule has 0 aliphatic carbocycles. The van der Waals surface area contributed by atoms with Crippen molar-refractivity contribution >= 4 is 11.8 Å². The van der Waals surface area contributed by atoms with E-state index in [1.54, 1.807) is 7.11 Å². The van der Waals surface area contributed by atoms with Gasteiger partial charge in [-0.05, 0) is 31.4 Å². The molecule has 0 fully saturated rings. The van der Waals surface area contributed by atoms with Gasteiger partial charge in [0.1, 0.15) is 5.75 Å². The van der Waals surface area contributed by atoms with Crippen LogP contribution in [0, 0.1) is 0 Å². The van der Waals surface area contributed by atoms with Gasteiger partial charge in [-0.25, -0.2) is 0 Å². The molecule has 0 aliphatic heterocycles. The molecule has 1 aromatic rings. The SMILES string of the molecule is COc1ccccc1C(C)CC(=O)N(CC(N)=O)C(C)C. The minimum atomic E-state index is -0.498. The molecule has 5 nitrogen and oxygen atoms in total. The summed E-state index contributed by atoms with van der Waals surface area (Å²) in [5.74, 6) is 0.191. The average Bonchev–Trinajstić information content (AvgIpc) is 2.43. The first kappa shape index (κ1) is 17.0. The highest BCUT2D eigenvalue weighted by Crippen LogP contribution is 2.29. The number of hydrogen-bond acceptors (Lipinski definition) is 3. The predicted molar refractivity (Wildman–Crippen MR) is 82.1 cm³/mol. The van der Waals surface area contributed by atoms with Gasteiger partial charge in [0.25, 0.3) is 0 Å². The van der Waals surface area contributed by atoms with E-state index in [-0.39, 0.29) is 24.4 Å². The van der Waals surface area contributed by atoms with Crippen molar-refractivity contribution in [1.29, 1.82) is 0 Å². The van der Waals surface area contributed by atoms with Gasteiger partial charge < -0.3 is 15.4 Å². The molecule has 116 valence electrons. The number of primary amides is 1. The smallest absolute Gasteiger partial charge is 0.237 e. The minimum Gasteiger partial charge on any atom is -0.496 e. The van der Waals surface area contributed by atoms with E-state index in [1.165, 1.54) is 4.90 Å². The van der Waals surface area contributed by atoms with Crippen LogP contribution >= 0.6 is 0 Å². The van der Waals surface area contributed by atoms with Gasteiger partial charge in [0.2, 0.25) is 11.8 Å². The lowest BCUT2D eigenvalue weighted by molar-refractivity contribution is -0.137. The Morgan fingerprint density at radius 1 is 1.24 bits per heavy atom. The van der Waals surface area contributed by atoms with E-state index in [4.69, 9.17) is 10.5 Å². The van der Waals surface area contributed by atoms with Gasteiger partial charge in [0.05, 0.1) is 13.7 Å². The third kappa shape index (κ3) is 4.77. The number of ether oxygens (including phenoxy) is 1. The third-order valence-corrected chi connectivity index (χ3v) is 3.42. The van der Waals surface area contributed by atoms with E-state index >= 15 is 0 Å². The van der Waals surface area contributed by atoms with E-state index in [9.17, 15) is 9.59 Å². The molecule has 0 heterocycles.